The smallest absolute Gasteiger partial charge is 0.194 e. The Labute approximate surface area is 161 Å². The molecule has 2 rings (SSSR count). The first kappa shape index (κ1) is 20.0. The molecular weight excluding hydrogens is 411 g/mol. The van der Waals surface area contributed by atoms with Crippen molar-refractivity contribution < 1.29 is 0 Å². The molecular formula is C19H23IN4. The third-order valence-corrected chi connectivity index (χ3v) is 3.45. The Morgan fingerprint density at radius 2 is 1.75 bits per heavy atom. The molecule has 0 unspecified atom stereocenters. The van der Waals surface area contributed by atoms with Gasteiger partial charge in [0.25, 0.3) is 0 Å². The van der Waals surface area contributed by atoms with Gasteiger partial charge in [-0.05, 0) is 30.2 Å². The molecule has 2 aromatic carbocycles. The lowest BCUT2D eigenvalue weighted by Gasteiger charge is -2.22. The van der Waals surface area contributed by atoms with E-state index in [1.807, 2.05) is 49.5 Å². The number of nitrogens with zero attached hydrogens (tertiary/aromatic N) is 3. The van der Waals surface area contributed by atoms with Crippen LogP contribution in [0.1, 0.15) is 23.6 Å². The first-order valence-electron chi connectivity index (χ1n) is 7.75. The van der Waals surface area contributed by atoms with E-state index in [1.165, 1.54) is 5.56 Å². The maximum Gasteiger partial charge on any atom is 0.194 e. The van der Waals surface area contributed by atoms with Crippen LogP contribution < -0.4 is 5.32 Å². The van der Waals surface area contributed by atoms with Crippen molar-refractivity contribution in [3.05, 3.63) is 71.3 Å². The highest BCUT2D eigenvalue weighted by Crippen LogP contribution is 2.06. The van der Waals surface area contributed by atoms with Crippen LogP contribution in [-0.2, 0) is 13.1 Å². The van der Waals surface area contributed by atoms with Crippen LogP contribution >= 0.6 is 24.0 Å². The Bertz CT molecular complexity index is 675. The SMILES string of the molecule is CCNC(=NCc1ccc(C#N)cc1)N(C)Cc1ccccc1.I. The van der Waals surface area contributed by atoms with E-state index in [4.69, 9.17) is 5.26 Å². The maximum atomic E-state index is 8.84. The molecule has 0 radical (unpaired) electrons. The molecule has 0 aliphatic carbocycles. The predicted octanol–water partition coefficient (Wildman–Crippen LogP) is 3.77. The third kappa shape index (κ3) is 6.20. The molecule has 24 heavy (non-hydrogen) atoms. The lowest BCUT2D eigenvalue weighted by atomic mass is 10.1. The second-order valence-electron chi connectivity index (χ2n) is 5.32. The average Bonchev–Trinajstić information content (AvgIpc) is 2.60. The highest BCUT2D eigenvalue weighted by Gasteiger charge is 2.06. The van der Waals surface area contributed by atoms with Crippen molar-refractivity contribution in [2.24, 2.45) is 4.99 Å². The monoisotopic (exact) mass is 434 g/mol. The van der Waals surface area contributed by atoms with Crippen molar-refractivity contribution in [3.63, 3.8) is 0 Å². The van der Waals surface area contributed by atoms with E-state index in [9.17, 15) is 0 Å². The second-order valence-corrected chi connectivity index (χ2v) is 5.32. The Balaban J connectivity index is 0.00000288. The quantitative estimate of drug-likeness (QED) is 0.443. The van der Waals surface area contributed by atoms with E-state index < -0.39 is 0 Å². The highest BCUT2D eigenvalue weighted by atomic mass is 127. The number of halogens is 1. The molecule has 126 valence electrons. The third-order valence-electron chi connectivity index (χ3n) is 3.45. The van der Waals surface area contributed by atoms with Gasteiger partial charge in [-0.25, -0.2) is 4.99 Å². The second kappa shape index (κ2) is 10.7. The summed E-state index contributed by atoms with van der Waals surface area (Å²) in [4.78, 5) is 6.80. The van der Waals surface area contributed by atoms with Crippen molar-refractivity contribution in [3.8, 4) is 6.07 Å². The minimum absolute atomic E-state index is 0. The summed E-state index contributed by atoms with van der Waals surface area (Å²) >= 11 is 0. The maximum absolute atomic E-state index is 8.84. The van der Waals surface area contributed by atoms with Crippen molar-refractivity contribution in [1.29, 1.82) is 5.26 Å². The van der Waals surface area contributed by atoms with Crippen LogP contribution in [0.3, 0.4) is 0 Å². The molecule has 0 aliphatic heterocycles. The van der Waals surface area contributed by atoms with Crippen molar-refractivity contribution in [2.45, 2.75) is 20.0 Å². The zero-order chi connectivity index (χ0) is 16.5. The fourth-order valence-electron chi connectivity index (χ4n) is 2.25. The van der Waals surface area contributed by atoms with Gasteiger partial charge in [0.15, 0.2) is 5.96 Å². The fourth-order valence-corrected chi connectivity index (χ4v) is 2.25. The molecule has 0 bridgehead atoms. The minimum Gasteiger partial charge on any atom is -0.357 e. The van der Waals surface area contributed by atoms with Crippen LogP contribution in [0, 0.1) is 11.3 Å². The summed E-state index contributed by atoms with van der Waals surface area (Å²) in [6, 6.07) is 20.0. The van der Waals surface area contributed by atoms with E-state index in [1.54, 1.807) is 0 Å². The molecule has 0 aromatic heterocycles. The van der Waals surface area contributed by atoms with E-state index >= 15 is 0 Å². The summed E-state index contributed by atoms with van der Waals surface area (Å²) in [6.07, 6.45) is 0. The molecule has 4 nitrogen and oxygen atoms in total. The largest absolute Gasteiger partial charge is 0.357 e. The molecule has 0 atom stereocenters. The van der Waals surface area contributed by atoms with Crippen LogP contribution in [0.2, 0.25) is 0 Å². The summed E-state index contributed by atoms with van der Waals surface area (Å²) in [6.45, 7) is 4.28. The zero-order valence-electron chi connectivity index (χ0n) is 14.1. The van der Waals surface area contributed by atoms with Gasteiger partial charge in [0.1, 0.15) is 0 Å². The average molecular weight is 434 g/mol. The number of nitriles is 1. The van der Waals surface area contributed by atoms with Gasteiger partial charge in [0.05, 0.1) is 18.2 Å². The molecule has 2 aromatic rings. The van der Waals surface area contributed by atoms with Crippen LogP contribution in [0.15, 0.2) is 59.6 Å². The van der Waals surface area contributed by atoms with Gasteiger partial charge in [-0.1, -0.05) is 42.5 Å². The Morgan fingerprint density at radius 3 is 2.33 bits per heavy atom. The van der Waals surface area contributed by atoms with E-state index in [0.717, 1.165) is 24.6 Å². The van der Waals surface area contributed by atoms with Gasteiger partial charge in [-0.2, -0.15) is 5.26 Å². The van der Waals surface area contributed by atoms with E-state index in [-0.39, 0.29) is 24.0 Å². The van der Waals surface area contributed by atoms with Crippen molar-refractivity contribution in [1.82, 2.24) is 10.2 Å². The minimum atomic E-state index is 0. The summed E-state index contributed by atoms with van der Waals surface area (Å²) < 4.78 is 0. The molecule has 0 amide bonds. The van der Waals surface area contributed by atoms with Crippen molar-refractivity contribution in [2.75, 3.05) is 13.6 Å². The molecule has 0 fully saturated rings. The molecule has 0 spiro atoms. The Hall–Kier alpha value is -2.07. The lowest BCUT2D eigenvalue weighted by molar-refractivity contribution is 0.477. The first-order valence-corrected chi connectivity index (χ1v) is 7.75. The van der Waals surface area contributed by atoms with Crippen LogP contribution in [0.25, 0.3) is 0 Å². The zero-order valence-corrected chi connectivity index (χ0v) is 16.4. The number of nitrogens with one attached hydrogen (secondary N) is 1. The molecule has 1 N–H and O–H groups in total. The number of aliphatic imine (C=N–C) groups is 1. The summed E-state index contributed by atoms with van der Waals surface area (Å²) in [5.41, 5.74) is 3.01. The molecule has 0 saturated carbocycles. The highest BCUT2D eigenvalue weighted by molar-refractivity contribution is 14.0. The topological polar surface area (TPSA) is 51.4 Å². The Kier molecular flexibility index (Phi) is 8.87. The van der Waals surface area contributed by atoms with Gasteiger partial charge in [-0.15, -0.1) is 24.0 Å². The molecule has 0 aliphatic rings. The van der Waals surface area contributed by atoms with Gasteiger partial charge in [0, 0.05) is 20.1 Å². The first-order chi connectivity index (χ1) is 11.2. The number of benzene rings is 2. The van der Waals surface area contributed by atoms with Crippen LogP contribution in [-0.4, -0.2) is 24.5 Å². The van der Waals surface area contributed by atoms with Gasteiger partial charge >= 0.3 is 0 Å². The Morgan fingerprint density at radius 1 is 1.08 bits per heavy atom. The van der Waals surface area contributed by atoms with E-state index in [2.05, 4.69) is 40.3 Å². The molecule has 0 saturated heterocycles. The number of hydrogen-bond donors (Lipinski definition) is 1. The predicted molar refractivity (Wildman–Crippen MR) is 109 cm³/mol. The van der Waals surface area contributed by atoms with Crippen molar-refractivity contribution >= 4 is 29.9 Å². The summed E-state index contributed by atoms with van der Waals surface area (Å²) in [7, 11) is 2.03. The number of rotatable bonds is 5. The lowest BCUT2D eigenvalue weighted by Crippen LogP contribution is -2.38. The number of guanidine groups is 1. The standard InChI is InChI=1S/C19H22N4.HI/c1-3-21-19(23(2)15-18-7-5-4-6-8-18)22-14-17-11-9-16(13-20)10-12-17;/h4-12H,3,14-15H2,1-2H3,(H,21,22);1H. The molecule has 0 heterocycles. The van der Waals surface area contributed by atoms with E-state index in [0.29, 0.717) is 12.1 Å². The van der Waals surface area contributed by atoms with Gasteiger partial charge in [-0.3, -0.25) is 0 Å². The van der Waals surface area contributed by atoms with Crippen LogP contribution in [0.4, 0.5) is 0 Å². The summed E-state index contributed by atoms with van der Waals surface area (Å²) in [5.74, 6) is 0.876. The summed E-state index contributed by atoms with van der Waals surface area (Å²) in [5, 5.41) is 12.2. The van der Waals surface area contributed by atoms with Crippen LogP contribution in [0.5, 0.6) is 0 Å². The fraction of sp³-hybridized carbons (Fsp3) is 0.263. The van der Waals surface area contributed by atoms with Gasteiger partial charge < -0.3 is 10.2 Å². The number of hydrogen-bond acceptors (Lipinski definition) is 2. The molecule has 5 heteroatoms. The normalized spacial score (nSPS) is 10.5. The van der Waals surface area contributed by atoms with Gasteiger partial charge in [0.2, 0.25) is 0 Å².